The lowest BCUT2D eigenvalue weighted by atomic mass is 10.1. The zero-order chi connectivity index (χ0) is 15.4. The van der Waals surface area contributed by atoms with E-state index in [-0.39, 0.29) is 11.7 Å². The Bertz CT molecular complexity index is 757. The number of ether oxygens (including phenoxy) is 2. The van der Waals surface area contributed by atoms with Crippen molar-refractivity contribution in [3.05, 3.63) is 57.4 Å². The van der Waals surface area contributed by atoms with E-state index < -0.39 is 0 Å². The van der Waals surface area contributed by atoms with Gasteiger partial charge in [0.15, 0.2) is 17.3 Å². The van der Waals surface area contributed by atoms with Crippen LogP contribution in [-0.2, 0) is 0 Å². The van der Waals surface area contributed by atoms with Gasteiger partial charge in [-0.15, -0.1) is 11.6 Å². The number of rotatable bonds is 4. The number of ketones is 1. The maximum atomic E-state index is 11.3. The summed E-state index contributed by atoms with van der Waals surface area (Å²) in [5.74, 6) is 0.963. The van der Waals surface area contributed by atoms with Crippen LogP contribution in [0.25, 0.3) is 0 Å². The molecule has 0 radical (unpaired) electrons. The summed E-state index contributed by atoms with van der Waals surface area (Å²) in [6.07, 6.45) is 0. The molecular formula is C16H14Cl2O3. The van der Waals surface area contributed by atoms with Gasteiger partial charge in [-0.2, -0.15) is 0 Å². The van der Waals surface area contributed by atoms with Crippen LogP contribution in [0.4, 0.5) is 0 Å². The lowest BCUT2D eigenvalue weighted by Gasteiger charge is -2.08. The Hall–Kier alpha value is -1.71. The van der Waals surface area contributed by atoms with Gasteiger partial charge in [0.05, 0.1) is 20.1 Å². The summed E-state index contributed by atoms with van der Waals surface area (Å²) >= 11 is 11.0. The molecule has 0 atom stereocenters. The van der Waals surface area contributed by atoms with E-state index in [0.29, 0.717) is 17.1 Å². The first kappa shape index (κ1) is 15.7. The van der Waals surface area contributed by atoms with E-state index in [9.17, 15) is 4.79 Å². The molecule has 1 aromatic carbocycles. The van der Waals surface area contributed by atoms with Crippen LogP contribution in [0.5, 0.6) is 11.5 Å². The lowest BCUT2D eigenvalue weighted by molar-refractivity contribution is 0.102. The number of carbonyl (C=O) groups is 1. The van der Waals surface area contributed by atoms with Gasteiger partial charge in [0, 0.05) is 15.8 Å². The fraction of sp³-hybridized carbons (Fsp3) is 0.188. The summed E-state index contributed by atoms with van der Waals surface area (Å²) in [4.78, 5) is 11.3. The molecule has 0 heterocycles. The Morgan fingerprint density at radius 2 is 1.76 bits per heavy atom. The number of halogens is 2. The third-order valence-corrected chi connectivity index (χ3v) is 3.66. The molecule has 0 saturated carbocycles. The minimum absolute atomic E-state index is 0.0323. The molecule has 2 aliphatic rings. The summed E-state index contributed by atoms with van der Waals surface area (Å²) in [6, 6.07) is 11.0. The van der Waals surface area contributed by atoms with Crippen molar-refractivity contribution in [2.75, 3.05) is 20.1 Å². The maximum Gasteiger partial charge on any atom is 0.177 e. The van der Waals surface area contributed by atoms with Gasteiger partial charge in [-0.3, -0.25) is 4.79 Å². The van der Waals surface area contributed by atoms with E-state index >= 15 is 0 Å². The second kappa shape index (κ2) is 6.83. The second-order valence-corrected chi connectivity index (χ2v) is 5.00. The van der Waals surface area contributed by atoms with Crippen LogP contribution in [0, 0.1) is 10.4 Å². The van der Waals surface area contributed by atoms with Gasteiger partial charge >= 0.3 is 0 Å². The van der Waals surface area contributed by atoms with Crippen LogP contribution >= 0.6 is 23.2 Å². The standard InChI is InChI=1S/C10H11ClO3.C6H3Cl/c1-13-9-4-3-7(8(12)6-11)5-10(9)14-2;7-6-3-4-1-2-5(4)6/h3-5H,6H2,1-2H3;1-3H. The SMILES string of the molecule is COc1ccc(C(=O)CCl)cc1OC.Clc1cc2ccc1=2. The highest BCUT2D eigenvalue weighted by Crippen LogP contribution is 2.27. The molecule has 110 valence electrons. The summed E-state index contributed by atoms with van der Waals surface area (Å²) in [5, 5.41) is 3.46. The van der Waals surface area contributed by atoms with Crippen molar-refractivity contribution >= 4 is 29.0 Å². The van der Waals surface area contributed by atoms with Gasteiger partial charge in [0.2, 0.25) is 0 Å². The number of hydrogen-bond acceptors (Lipinski definition) is 3. The fourth-order valence-electron chi connectivity index (χ4n) is 1.83. The average molecular weight is 325 g/mol. The summed E-state index contributed by atoms with van der Waals surface area (Å²) in [7, 11) is 3.06. The number of alkyl halides is 1. The molecule has 1 aromatic rings. The van der Waals surface area contributed by atoms with Gasteiger partial charge in [-0.05, 0) is 29.5 Å². The lowest BCUT2D eigenvalue weighted by Crippen LogP contribution is -2.01. The van der Waals surface area contributed by atoms with Gasteiger partial charge < -0.3 is 9.47 Å². The van der Waals surface area contributed by atoms with E-state index in [2.05, 4.69) is 6.07 Å². The average Bonchev–Trinajstić information content (AvgIpc) is 2.51. The highest BCUT2D eigenvalue weighted by Gasteiger charge is 2.09. The topological polar surface area (TPSA) is 35.5 Å². The molecule has 0 aliphatic heterocycles. The van der Waals surface area contributed by atoms with Gasteiger partial charge in [0.25, 0.3) is 0 Å². The van der Waals surface area contributed by atoms with Crippen LogP contribution in [0.15, 0.2) is 36.4 Å². The molecule has 0 fully saturated rings. The first-order valence-electron chi connectivity index (χ1n) is 6.21. The second-order valence-electron chi connectivity index (χ2n) is 4.32. The number of carbonyl (C=O) groups excluding carboxylic acids is 1. The van der Waals surface area contributed by atoms with Crippen molar-refractivity contribution in [3.63, 3.8) is 0 Å². The van der Waals surface area contributed by atoms with E-state index in [4.69, 9.17) is 32.7 Å². The zero-order valence-corrected chi connectivity index (χ0v) is 13.2. The molecular weight excluding hydrogens is 311 g/mol. The molecule has 0 saturated heterocycles. The van der Waals surface area contributed by atoms with Crippen LogP contribution in [0.1, 0.15) is 10.4 Å². The van der Waals surface area contributed by atoms with E-state index in [1.54, 1.807) is 25.3 Å². The molecule has 2 aliphatic carbocycles. The number of benzene rings is 2. The van der Waals surface area contributed by atoms with Crippen molar-refractivity contribution in [3.8, 4) is 11.5 Å². The Labute approximate surface area is 132 Å². The molecule has 0 spiro atoms. The van der Waals surface area contributed by atoms with E-state index in [1.807, 2.05) is 12.1 Å². The molecule has 0 unspecified atom stereocenters. The first-order chi connectivity index (χ1) is 10.1. The predicted octanol–water partition coefficient (Wildman–Crippen LogP) is 4.07. The zero-order valence-electron chi connectivity index (χ0n) is 11.7. The quantitative estimate of drug-likeness (QED) is 0.536. The minimum Gasteiger partial charge on any atom is -0.493 e. The molecule has 21 heavy (non-hydrogen) atoms. The van der Waals surface area contributed by atoms with Crippen LogP contribution < -0.4 is 9.47 Å². The maximum absolute atomic E-state index is 11.3. The van der Waals surface area contributed by atoms with Crippen molar-refractivity contribution in [1.82, 2.24) is 0 Å². The minimum atomic E-state index is -0.132. The van der Waals surface area contributed by atoms with Crippen molar-refractivity contribution in [2.24, 2.45) is 0 Å². The predicted molar refractivity (Wildman–Crippen MR) is 83.7 cm³/mol. The molecule has 0 amide bonds. The van der Waals surface area contributed by atoms with Crippen molar-refractivity contribution in [2.45, 2.75) is 0 Å². The molecule has 5 heteroatoms. The van der Waals surface area contributed by atoms with Crippen LogP contribution in [0.2, 0.25) is 5.02 Å². The van der Waals surface area contributed by atoms with Crippen LogP contribution in [-0.4, -0.2) is 25.9 Å². The fourth-order valence-corrected chi connectivity index (χ4v) is 2.27. The van der Waals surface area contributed by atoms with Gasteiger partial charge in [-0.1, -0.05) is 23.7 Å². The third-order valence-electron chi connectivity index (χ3n) is 3.11. The molecule has 0 bridgehead atoms. The highest BCUT2D eigenvalue weighted by atomic mass is 35.5. The largest absolute Gasteiger partial charge is 0.493 e. The van der Waals surface area contributed by atoms with Crippen LogP contribution in [0.3, 0.4) is 0 Å². The molecule has 0 aromatic heterocycles. The van der Waals surface area contributed by atoms with Crippen molar-refractivity contribution in [1.29, 1.82) is 0 Å². The molecule has 0 N–H and O–H groups in total. The Kier molecular flexibility index (Phi) is 5.10. The Morgan fingerprint density at radius 3 is 2.10 bits per heavy atom. The monoisotopic (exact) mass is 324 g/mol. The summed E-state index contributed by atoms with van der Waals surface area (Å²) in [5.41, 5.74) is 0.526. The number of methoxy groups -OCH3 is 2. The summed E-state index contributed by atoms with van der Waals surface area (Å²) in [6.45, 7) is 0. The van der Waals surface area contributed by atoms with E-state index in [0.717, 1.165) is 5.02 Å². The number of hydrogen-bond donors (Lipinski definition) is 0. The Balaban J connectivity index is 0.000000189. The van der Waals surface area contributed by atoms with Gasteiger partial charge in [-0.25, -0.2) is 0 Å². The highest BCUT2D eigenvalue weighted by molar-refractivity contribution is 6.31. The third kappa shape index (κ3) is 3.31. The van der Waals surface area contributed by atoms with Crippen molar-refractivity contribution < 1.29 is 14.3 Å². The van der Waals surface area contributed by atoms with E-state index in [1.165, 1.54) is 17.5 Å². The van der Waals surface area contributed by atoms with Gasteiger partial charge in [0.1, 0.15) is 0 Å². The molecule has 3 rings (SSSR count). The molecule has 3 nitrogen and oxygen atoms in total. The normalized spacial score (nSPS) is 10.3. The smallest absolute Gasteiger partial charge is 0.177 e. The Morgan fingerprint density at radius 1 is 1.05 bits per heavy atom. The first-order valence-corrected chi connectivity index (χ1v) is 7.13. The number of Topliss-reactive ketones (excluding diaryl/α,β-unsaturated/α-hetero) is 1. The summed E-state index contributed by atoms with van der Waals surface area (Å²) < 4.78 is 10.1.